The lowest BCUT2D eigenvalue weighted by Gasteiger charge is -2.17. The van der Waals surface area contributed by atoms with Crippen LogP contribution in [0.2, 0.25) is 0 Å². The Morgan fingerprint density at radius 2 is 2.43 bits per heavy atom. The highest BCUT2D eigenvalue weighted by Crippen LogP contribution is 2.17. The maximum absolute atomic E-state index is 11.6. The van der Waals surface area contributed by atoms with Gasteiger partial charge in [0, 0.05) is 38.6 Å². The molecule has 1 aliphatic rings. The van der Waals surface area contributed by atoms with Gasteiger partial charge in [-0.25, -0.2) is 0 Å². The van der Waals surface area contributed by atoms with Crippen LogP contribution >= 0.6 is 0 Å². The van der Waals surface area contributed by atoms with Gasteiger partial charge in [-0.1, -0.05) is 0 Å². The molecule has 1 saturated heterocycles. The molecule has 0 saturated carbocycles. The fraction of sp³-hybridized carbons (Fsp3) is 0.900. The van der Waals surface area contributed by atoms with Crippen LogP contribution in [0.3, 0.4) is 0 Å². The number of hydrogen-bond acceptors (Lipinski definition) is 3. The van der Waals surface area contributed by atoms with E-state index >= 15 is 0 Å². The molecule has 1 heterocycles. The van der Waals surface area contributed by atoms with Crippen molar-refractivity contribution in [3.63, 3.8) is 0 Å². The lowest BCUT2D eigenvalue weighted by atomic mass is 10.1. The third kappa shape index (κ3) is 3.27. The first kappa shape index (κ1) is 11.5. The number of carbonyl (C=O) groups excluding carboxylic acids is 1. The Labute approximate surface area is 85.4 Å². The summed E-state index contributed by atoms with van der Waals surface area (Å²) in [7, 11) is 1.70. The lowest BCUT2D eigenvalue weighted by Crippen LogP contribution is -2.33. The summed E-state index contributed by atoms with van der Waals surface area (Å²) >= 11 is 0. The number of likely N-dealkylation sites (tertiary alicyclic amines) is 1. The first-order chi connectivity index (χ1) is 6.63. The van der Waals surface area contributed by atoms with Crippen molar-refractivity contribution in [1.82, 2.24) is 4.90 Å². The van der Waals surface area contributed by atoms with E-state index in [9.17, 15) is 4.79 Å². The van der Waals surface area contributed by atoms with E-state index in [1.807, 2.05) is 11.8 Å². The van der Waals surface area contributed by atoms with E-state index in [0.29, 0.717) is 12.3 Å². The van der Waals surface area contributed by atoms with Crippen LogP contribution in [-0.4, -0.2) is 43.7 Å². The summed E-state index contributed by atoms with van der Waals surface area (Å²) in [5.41, 5.74) is 5.58. The number of nitrogens with zero attached hydrogens (tertiary/aromatic N) is 1. The van der Waals surface area contributed by atoms with Gasteiger partial charge in [0.25, 0.3) is 0 Å². The monoisotopic (exact) mass is 200 g/mol. The third-order valence-electron chi connectivity index (χ3n) is 2.54. The zero-order valence-electron chi connectivity index (χ0n) is 9.03. The summed E-state index contributed by atoms with van der Waals surface area (Å²) < 4.78 is 5.07. The first-order valence-electron chi connectivity index (χ1n) is 5.15. The number of hydrogen-bond donors (Lipinski definition) is 1. The van der Waals surface area contributed by atoms with Gasteiger partial charge in [-0.05, 0) is 13.3 Å². The molecular weight excluding hydrogens is 180 g/mol. The van der Waals surface area contributed by atoms with E-state index in [-0.39, 0.29) is 11.9 Å². The van der Waals surface area contributed by atoms with Gasteiger partial charge in [-0.3, -0.25) is 4.79 Å². The molecule has 0 spiro atoms. The average molecular weight is 200 g/mol. The van der Waals surface area contributed by atoms with E-state index in [0.717, 1.165) is 26.1 Å². The molecule has 1 rings (SSSR count). The minimum absolute atomic E-state index is 0.0380. The number of methoxy groups -OCH3 is 1. The van der Waals surface area contributed by atoms with Gasteiger partial charge in [0.05, 0.1) is 6.61 Å². The van der Waals surface area contributed by atoms with Gasteiger partial charge in [-0.15, -0.1) is 0 Å². The Morgan fingerprint density at radius 3 is 3.00 bits per heavy atom. The van der Waals surface area contributed by atoms with Gasteiger partial charge in [-0.2, -0.15) is 0 Å². The SMILES string of the molecule is COCC1CCN(C(=O)CC(C)N)C1. The molecule has 2 N–H and O–H groups in total. The lowest BCUT2D eigenvalue weighted by molar-refractivity contribution is -0.130. The van der Waals surface area contributed by atoms with Crippen LogP contribution in [0.1, 0.15) is 19.8 Å². The maximum Gasteiger partial charge on any atom is 0.224 e. The summed E-state index contributed by atoms with van der Waals surface area (Å²) in [6.07, 6.45) is 1.51. The van der Waals surface area contributed by atoms with Crippen molar-refractivity contribution in [3.8, 4) is 0 Å². The van der Waals surface area contributed by atoms with Crippen LogP contribution in [0.4, 0.5) is 0 Å². The number of carbonyl (C=O) groups is 1. The van der Waals surface area contributed by atoms with Crippen molar-refractivity contribution in [2.24, 2.45) is 11.7 Å². The predicted molar refractivity (Wildman–Crippen MR) is 54.8 cm³/mol. The highest BCUT2D eigenvalue weighted by atomic mass is 16.5. The molecule has 1 amide bonds. The van der Waals surface area contributed by atoms with Crippen LogP contribution in [0, 0.1) is 5.92 Å². The van der Waals surface area contributed by atoms with Crippen molar-refractivity contribution in [3.05, 3.63) is 0 Å². The predicted octanol–water partition coefficient (Wildman–Crippen LogP) is 0.219. The topological polar surface area (TPSA) is 55.6 Å². The fourth-order valence-corrected chi connectivity index (χ4v) is 1.84. The summed E-state index contributed by atoms with van der Waals surface area (Å²) in [5.74, 6) is 0.690. The van der Waals surface area contributed by atoms with Gasteiger partial charge in [0.2, 0.25) is 5.91 Å². The van der Waals surface area contributed by atoms with Crippen molar-refractivity contribution in [2.45, 2.75) is 25.8 Å². The number of rotatable bonds is 4. The van der Waals surface area contributed by atoms with Crippen LogP contribution in [0.25, 0.3) is 0 Å². The summed E-state index contributed by atoms with van der Waals surface area (Å²) in [6.45, 7) is 4.31. The van der Waals surface area contributed by atoms with Crippen LogP contribution in [0.5, 0.6) is 0 Å². The number of nitrogens with two attached hydrogens (primary N) is 1. The zero-order valence-corrected chi connectivity index (χ0v) is 9.03. The Bertz CT molecular complexity index is 195. The van der Waals surface area contributed by atoms with E-state index in [4.69, 9.17) is 10.5 Å². The van der Waals surface area contributed by atoms with Crippen molar-refractivity contribution in [2.75, 3.05) is 26.8 Å². The van der Waals surface area contributed by atoms with Crippen LogP contribution in [0.15, 0.2) is 0 Å². The maximum atomic E-state index is 11.6. The molecule has 82 valence electrons. The molecule has 0 aliphatic carbocycles. The normalized spacial score (nSPS) is 23.9. The third-order valence-corrected chi connectivity index (χ3v) is 2.54. The Kier molecular flexibility index (Phi) is 4.35. The largest absolute Gasteiger partial charge is 0.384 e. The molecule has 0 aromatic rings. The smallest absolute Gasteiger partial charge is 0.224 e. The molecule has 0 aromatic carbocycles. The molecule has 1 fully saturated rings. The summed E-state index contributed by atoms with van der Waals surface area (Å²) in [5, 5.41) is 0. The van der Waals surface area contributed by atoms with Gasteiger partial charge in [0.1, 0.15) is 0 Å². The second kappa shape index (κ2) is 5.32. The van der Waals surface area contributed by atoms with E-state index in [1.165, 1.54) is 0 Å². The molecule has 1 aliphatic heterocycles. The Balaban J connectivity index is 2.30. The van der Waals surface area contributed by atoms with Crippen LogP contribution in [-0.2, 0) is 9.53 Å². The van der Waals surface area contributed by atoms with E-state index < -0.39 is 0 Å². The van der Waals surface area contributed by atoms with Gasteiger partial charge >= 0.3 is 0 Å². The number of amides is 1. The van der Waals surface area contributed by atoms with Gasteiger partial charge in [0.15, 0.2) is 0 Å². The fourth-order valence-electron chi connectivity index (χ4n) is 1.84. The minimum atomic E-state index is -0.0380. The van der Waals surface area contributed by atoms with Crippen molar-refractivity contribution < 1.29 is 9.53 Å². The molecule has 0 bridgehead atoms. The molecule has 14 heavy (non-hydrogen) atoms. The van der Waals surface area contributed by atoms with E-state index in [2.05, 4.69) is 0 Å². The molecule has 2 atom stereocenters. The van der Waals surface area contributed by atoms with Crippen molar-refractivity contribution in [1.29, 1.82) is 0 Å². The molecule has 0 aromatic heterocycles. The first-order valence-corrected chi connectivity index (χ1v) is 5.15. The highest BCUT2D eigenvalue weighted by Gasteiger charge is 2.26. The summed E-state index contributed by atoms with van der Waals surface area (Å²) in [6, 6.07) is -0.0380. The van der Waals surface area contributed by atoms with Crippen molar-refractivity contribution >= 4 is 5.91 Å². The standard InChI is InChI=1S/C10H20N2O2/c1-8(11)5-10(13)12-4-3-9(6-12)7-14-2/h8-9H,3-7,11H2,1-2H3. The number of ether oxygens (including phenoxy) is 1. The highest BCUT2D eigenvalue weighted by molar-refractivity contribution is 5.77. The van der Waals surface area contributed by atoms with Crippen LogP contribution < -0.4 is 5.73 Å². The molecular formula is C10H20N2O2. The molecule has 2 unspecified atom stereocenters. The Hall–Kier alpha value is -0.610. The second-order valence-corrected chi connectivity index (χ2v) is 4.13. The molecule has 4 heteroatoms. The molecule has 4 nitrogen and oxygen atoms in total. The Morgan fingerprint density at radius 1 is 1.71 bits per heavy atom. The van der Waals surface area contributed by atoms with E-state index in [1.54, 1.807) is 7.11 Å². The quantitative estimate of drug-likeness (QED) is 0.706. The zero-order chi connectivity index (χ0) is 10.6. The minimum Gasteiger partial charge on any atom is -0.384 e. The second-order valence-electron chi connectivity index (χ2n) is 4.13. The van der Waals surface area contributed by atoms with Gasteiger partial charge < -0.3 is 15.4 Å². The average Bonchev–Trinajstić information content (AvgIpc) is 2.52. The summed E-state index contributed by atoms with van der Waals surface area (Å²) in [4.78, 5) is 13.5. The molecule has 0 radical (unpaired) electrons.